The Balaban J connectivity index is 2.31. The molecule has 1 aliphatic rings. The third-order valence-electron chi connectivity index (χ3n) is 3.17. The van der Waals surface area contributed by atoms with Crippen LogP contribution in [0.4, 0.5) is 4.79 Å². The summed E-state index contributed by atoms with van der Waals surface area (Å²) < 4.78 is 5.48. The lowest BCUT2D eigenvalue weighted by molar-refractivity contribution is 0.119. The molecule has 2 unspecified atom stereocenters. The van der Waals surface area contributed by atoms with Gasteiger partial charge in [0.05, 0.1) is 6.04 Å². The van der Waals surface area contributed by atoms with Crippen LogP contribution in [0.1, 0.15) is 39.4 Å². The average molecular weight is 268 g/mol. The third kappa shape index (κ3) is 2.32. The molecular weight excluding hydrogens is 250 g/mol. The van der Waals surface area contributed by atoms with Gasteiger partial charge < -0.3 is 4.74 Å². The minimum atomic E-state index is -0.264. The molecule has 1 aliphatic heterocycles. The van der Waals surface area contributed by atoms with Crippen molar-refractivity contribution in [2.45, 2.75) is 45.4 Å². The highest BCUT2D eigenvalue weighted by atomic mass is 35.5. The van der Waals surface area contributed by atoms with E-state index in [1.165, 1.54) is 0 Å². The normalized spacial score (nSPS) is 24.3. The van der Waals surface area contributed by atoms with Crippen molar-refractivity contribution < 1.29 is 9.53 Å². The van der Waals surface area contributed by atoms with Crippen molar-refractivity contribution in [3.63, 3.8) is 0 Å². The van der Waals surface area contributed by atoms with E-state index in [1.807, 2.05) is 52.0 Å². The first-order valence-corrected chi connectivity index (χ1v) is 6.44. The third-order valence-corrected chi connectivity index (χ3v) is 3.40. The van der Waals surface area contributed by atoms with Gasteiger partial charge in [0, 0.05) is 10.6 Å². The highest BCUT2D eigenvalue weighted by Crippen LogP contribution is 2.37. The first-order valence-electron chi connectivity index (χ1n) is 6.06. The summed E-state index contributed by atoms with van der Waals surface area (Å²) in [6, 6.07) is 7.47. The van der Waals surface area contributed by atoms with Crippen LogP contribution >= 0.6 is 11.6 Å². The van der Waals surface area contributed by atoms with Crippen molar-refractivity contribution >= 4 is 17.7 Å². The van der Waals surface area contributed by atoms with Gasteiger partial charge in [-0.15, -0.1) is 0 Å². The SMILES string of the molecule is CC1C(c2cccc(Cl)c2)OC(=O)N1C(C)(C)C. The molecule has 0 saturated carbocycles. The Morgan fingerprint density at radius 1 is 1.33 bits per heavy atom. The molecule has 1 saturated heterocycles. The van der Waals surface area contributed by atoms with E-state index in [9.17, 15) is 4.79 Å². The highest BCUT2D eigenvalue weighted by Gasteiger charge is 2.44. The molecule has 0 radical (unpaired) electrons. The largest absolute Gasteiger partial charge is 0.439 e. The smallest absolute Gasteiger partial charge is 0.411 e. The number of rotatable bonds is 1. The number of cyclic esters (lactones) is 1. The van der Waals surface area contributed by atoms with Crippen molar-refractivity contribution in [3.8, 4) is 0 Å². The first kappa shape index (κ1) is 13.2. The second kappa shape index (κ2) is 4.47. The van der Waals surface area contributed by atoms with Gasteiger partial charge in [0.15, 0.2) is 0 Å². The number of carbonyl (C=O) groups excluding carboxylic acids is 1. The van der Waals surface area contributed by atoms with Crippen LogP contribution in [0.15, 0.2) is 24.3 Å². The van der Waals surface area contributed by atoms with E-state index in [-0.39, 0.29) is 23.8 Å². The summed E-state index contributed by atoms with van der Waals surface area (Å²) in [5.41, 5.74) is 0.694. The molecule has 1 heterocycles. The van der Waals surface area contributed by atoms with Gasteiger partial charge in [0.1, 0.15) is 6.10 Å². The van der Waals surface area contributed by atoms with Crippen molar-refractivity contribution in [1.29, 1.82) is 0 Å². The van der Waals surface area contributed by atoms with Crippen LogP contribution in [-0.4, -0.2) is 22.6 Å². The molecule has 3 nitrogen and oxygen atoms in total. The number of carbonyl (C=O) groups is 1. The van der Waals surface area contributed by atoms with Crippen molar-refractivity contribution in [2.75, 3.05) is 0 Å². The zero-order valence-corrected chi connectivity index (χ0v) is 11.9. The Morgan fingerprint density at radius 3 is 2.50 bits per heavy atom. The van der Waals surface area contributed by atoms with Crippen LogP contribution in [0.5, 0.6) is 0 Å². The lowest BCUT2D eigenvalue weighted by Crippen LogP contribution is -2.46. The Kier molecular flexibility index (Phi) is 3.28. The number of hydrogen-bond acceptors (Lipinski definition) is 2. The molecule has 0 spiro atoms. The fourth-order valence-electron chi connectivity index (χ4n) is 2.48. The molecular formula is C14H18ClNO2. The number of benzene rings is 1. The fraction of sp³-hybridized carbons (Fsp3) is 0.500. The second-order valence-corrected chi connectivity index (χ2v) is 6.08. The zero-order chi connectivity index (χ0) is 13.5. The molecule has 4 heteroatoms. The number of amides is 1. The molecule has 0 N–H and O–H groups in total. The Morgan fingerprint density at radius 2 is 2.00 bits per heavy atom. The Hall–Kier alpha value is -1.22. The maximum Gasteiger partial charge on any atom is 0.411 e. The summed E-state index contributed by atoms with van der Waals surface area (Å²) in [4.78, 5) is 13.7. The molecule has 1 amide bonds. The summed E-state index contributed by atoms with van der Waals surface area (Å²) in [6.45, 7) is 8.02. The monoisotopic (exact) mass is 267 g/mol. The molecule has 1 fully saturated rings. The molecule has 2 atom stereocenters. The van der Waals surface area contributed by atoms with Gasteiger partial charge in [0.25, 0.3) is 0 Å². The van der Waals surface area contributed by atoms with Crippen LogP contribution in [-0.2, 0) is 4.74 Å². The van der Waals surface area contributed by atoms with Crippen LogP contribution < -0.4 is 0 Å². The molecule has 18 heavy (non-hydrogen) atoms. The Bertz CT molecular complexity index is 467. The lowest BCUT2D eigenvalue weighted by atomic mass is 9.99. The molecule has 2 rings (SSSR count). The number of hydrogen-bond donors (Lipinski definition) is 0. The van der Waals surface area contributed by atoms with Gasteiger partial charge in [-0.05, 0) is 45.4 Å². The minimum Gasteiger partial charge on any atom is -0.439 e. The quantitative estimate of drug-likeness (QED) is 0.769. The number of nitrogens with zero attached hydrogens (tertiary/aromatic N) is 1. The van der Waals surface area contributed by atoms with Gasteiger partial charge in [0.2, 0.25) is 0 Å². The maximum atomic E-state index is 12.0. The summed E-state index contributed by atoms with van der Waals surface area (Å²) in [6.07, 6.45) is -0.518. The van der Waals surface area contributed by atoms with Gasteiger partial charge in [-0.25, -0.2) is 4.79 Å². The second-order valence-electron chi connectivity index (χ2n) is 5.64. The van der Waals surface area contributed by atoms with Gasteiger partial charge in [-0.1, -0.05) is 23.7 Å². The maximum absolute atomic E-state index is 12.0. The predicted octanol–water partition coefficient (Wildman–Crippen LogP) is 4.02. The summed E-state index contributed by atoms with van der Waals surface area (Å²) in [5.74, 6) is 0. The summed E-state index contributed by atoms with van der Waals surface area (Å²) in [7, 11) is 0. The minimum absolute atomic E-state index is 0.00373. The van der Waals surface area contributed by atoms with E-state index in [2.05, 4.69) is 0 Å². The number of halogens is 1. The standard InChI is InChI=1S/C14H18ClNO2/c1-9-12(10-6-5-7-11(15)8-10)18-13(17)16(9)14(2,3)4/h5-9,12H,1-4H3. The molecule has 0 aliphatic carbocycles. The van der Waals surface area contributed by atoms with Gasteiger partial charge in [-0.2, -0.15) is 0 Å². The Labute approximate surface area is 113 Å². The van der Waals surface area contributed by atoms with E-state index in [1.54, 1.807) is 4.90 Å². The summed E-state index contributed by atoms with van der Waals surface area (Å²) in [5, 5.41) is 0.657. The van der Waals surface area contributed by atoms with Crippen LogP contribution in [0.2, 0.25) is 5.02 Å². The zero-order valence-electron chi connectivity index (χ0n) is 11.1. The van der Waals surface area contributed by atoms with Crippen LogP contribution in [0.25, 0.3) is 0 Å². The van der Waals surface area contributed by atoms with Gasteiger partial charge >= 0.3 is 6.09 Å². The average Bonchev–Trinajstić information content (AvgIpc) is 2.53. The fourth-order valence-corrected chi connectivity index (χ4v) is 2.68. The van der Waals surface area contributed by atoms with E-state index >= 15 is 0 Å². The molecule has 0 aromatic heterocycles. The topological polar surface area (TPSA) is 29.5 Å². The first-order chi connectivity index (χ1) is 8.30. The van der Waals surface area contributed by atoms with Crippen LogP contribution in [0.3, 0.4) is 0 Å². The predicted molar refractivity (Wildman–Crippen MR) is 71.7 cm³/mol. The van der Waals surface area contributed by atoms with E-state index < -0.39 is 0 Å². The van der Waals surface area contributed by atoms with E-state index in [0.29, 0.717) is 5.02 Å². The van der Waals surface area contributed by atoms with E-state index in [4.69, 9.17) is 16.3 Å². The number of ether oxygens (including phenoxy) is 1. The highest BCUT2D eigenvalue weighted by molar-refractivity contribution is 6.30. The summed E-state index contributed by atoms with van der Waals surface area (Å²) >= 11 is 5.98. The van der Waals surface area contributed by atoms with Crippen molar-refractivity contribution in [3.05, 3.63) is 34.9 Å². The molecule has 1 aromatic rings. The lowest BCUT2D eigenvalue weighted by Gasteiger charge is -2.33. The molecule has 98 valence electrons. The van der Waals surface area contributed by atoms with Crippen LogP contribution in [0, 0.1) is 0 Å². The van der Waals surface area contributed by atoms with Gasteiger partial charge in [-0.3, -0.25) is 4.90 Å². The molecule has 1 aromatic carbocycles. The van der Waals surface area contributed by atoms with Crippen molar-refractivity contribution in [2.24, 2.45) is 0 Å². The molecule has 0 bridgehead atoms. The van der Waals surface area contributed by atoms with Crippen molar-refractivity contribution in [1.82, 2.24) is 4.90 Å². The van der Waals surface area contributed by atoms with E-state index in [0.717, 1.165) is 5.56 Å².